The molecule has 1 aliphatic rings. The van der Waals surface area contributed by atoms with E-state index in [2.05, 4.69) is 16.7 Å². The molecule has 9 heteroatoms. The fourth-order valence-electron chi connectivity index (χ4n) is 2.93. The molecule has 0 saturated heterocycles. The predicted octanol–water partition coefficient (Wildman–Crippen LogP) is 5.18. The van der Waals surface area contributed by atoms with Crippen LogP contribution in [0.4, 0.5) is 9.39 Å². The van der Waals surface area contributed by atoms with Gasteiger partial charge in [0.2, 0.25) is 3.79 Å². The van der Waals surface area contributed by atoms with Crippen molar-refractivity contribution >= 4 is 57.0 Å². The zero-order valence-electron chi connectivity index (χ0n) is 14.0. The van der Waals surface area contributed by atoms with Gasteiger partial charge in [-0.15, -0.1) is 11.3 Å². The number of anilines is 1. The van der Waals surface area contributed by atoms with Crippen LogP contribution in [0, 0.1) is 17.1 Å². The van der Waals surface area contributed by atoms with E-state index in [0.717, 1.165) is 36.1 Å². The summed E-state index contributed by atoms with van der Waals surface area (Å²) >= 11 is 19.6. The van der Waals surface area contributed by atoms with Crippen molar-refractivity contribution in [1.82, 2.24) is 5.32 Å². The Labute approximate surface area is 175 Å². The lowest BCUT2D eigenvalue weighted by Gasteiger charge is -2.27. The maximum absolute atomic E-state index is 13.0. The van der Waals surface area contributed by atoms with Gasteiger partial charge in [0, 0.05) is 10.4 Å². The Kier molecular flexibility index (Phi) is 6.17. The Morgan fingerprint density at radius 2 is 1.89 bits per heavy atom. The maximum Gasteiger partial charge on any atom is 0.252 e. The molecule has 0 bridgehead atoms. The van der Waals surface area contributed by atoms with Gasteiger partial charge < -0.3 is 10.6 Å². The summed E-state index contributed by atoms with van der Waals surface area (Å²) in [6.07, 6.45) is 2.79. The quantitative estimate of drug-likeness (QED) is 0.502. The second kappa shape index (κ2) is 8.24. The summed E-state index contributed by atoms with van der Waals surface area (Å²) in [6, 6.07) is 7.24. The number of halogens is 4. The van der Waals surface area contributed by atoms with Crippen LogP contribution in [0.2, 0.25) is 0 Å². The minimum Gasteiger partial charge on any atom is -0.352 e. The third-order valence-electron chi connectivity index (χ3n) is 4.27. The number of fused-ring (bicyclic) bond motifs is 1. The first-order chi connectivity index (χ1) is 12.8. The molecule has 2 N–H and O–H groups in total. The van der Waals surface area contributed by atoms with Gasteiger partial charge in [0.15, 0.2) is 0 Å². The third kappa shape index (κ3) is 4.67. The van der Waals surface area contributed by atoms with Crippen LogP contribution in [0.5, 0.6) is 0 Å². The van der Waals surface area contributed by atoms with Gasteiger partial charge in [-0.1, -0.05) is 34.8 Å². The number of hydrogen-bond acceptors (Lipinski definition) is 4. The standard InChI is InChI=1S/C18H15Cl3FN3OS/c19-18(20,21)17(24-15(26)10-5-7-11(22)8-6-10)25-16-13(9-23)12-3-1-2-4-14(12)27-16/h5-8,17,25H,1-4H2,(H,24,26)/t17-/m1/s1. The van der Waals surface area contributed by atoms with Crippen LogP contribution in [0.25, 0.3) is 0 Å². The van der Waals surface area contributed by atoms with Gasteiger partial charge in [-0.2, -0.15) is 5.26 Å². The number of hydrogen-bond donors (Lipinski definition) is 2. The van der Waals surface area contributed by atoms with Crippen LogP contribution < -0.4 is 10.6 Å². The molecular formula is C18H15Cl3FN3OS. The topological polar surface area (TPSA) is 64.9 Å². The van der Waals surface area contributed by atoms with Gasteiger partial charge >= 0.3 is 0 Å². The Balaban J connectivity index is 1.84. The Bertz CT molecular complexity index is 887. The fourth-order valence-corrected chi connectivity index (χ4v) is 4.53. The summed E-state index contributed by atoms with van der Waals surface area (Å²) in [5, 5.41) is 15.7. The van der Waals surface area contributed by atoms with Gasteiger partial charge in [0.05, 0.1) is 5.56 Å². The smallest absolute Gasteiger partial charge is 0.252 e. The summed E-state index contributed by atoms with van der Waals surface area (Å²) in [5.41, 5.74) is 1.79. The summed E-state index contributed by atoms with van der Waals surface area (Å²) < 4.78 is 11.2. The first-order valence-electron chi connectivity index (χ1n) is 8.24. The van der Waals surface area contributed by atoms with Gasteiger partial charge in [0.25, 0.3) is 5.91 Å². The molecule has 1 aromatic heterocycles. The third-order valence-corrected chi connectivity index (χ3v) is 6.15. The average molecular weight is 447 g/mol. The van der Waals surface area contributed by atoms with Crippen molar-refractivity contribution < 1.29 is 9.18 Å². The Hall–Kier alpha value is -1.52. The maximum atomic E-state index is 13.0. The minimum atomic E-state index is -1.87. The van der Waals surface area contributed by atoms with Gasteiger partial charge in [-0.25, -0.2) is 4.39 Å². The lowest BCUT2D eigenvalue weighted by Crippen LogP contribution is -2.49. The largest absolute Gasteiger partial charge is 0.352 e. The van der Waals surface area contributed by atoms with Crippen LogP contribution in [0.3, 0.4) is 0 Å². The molecule has 2 aromatic rings. The molecule has 1 atom stereocenters. The summed E-state index contributed by atoms with van der Waals surface area (Å²) in [5.74, 6) is -0.982. The number of nitriles is 1. The Morgan fingerprint density at radius 1 is 1.22 bits per heavy atom. The first kappa shape index (κ1) is 20.2. The van der Waals surface area contributed by atoms with Gasteiger partial charge in [-0.3, -0.25) is 4.79 Å². The van der Waals surface area contributed by atoms with Crippen molar-refractivity contribution in [3.8, 4) is 6.07 Å². The van der Waals surface area contributed by atoms with E-state index in [1.165, 1.54) is 35.6 Å². The number of carbonyl (C=O) groups is 1. The van der Waals surface area contributed by atoms with E-state index in [4.69, 9.17) is 34.8 Å². The Morgan fingerprint density at radius 3 is 2.52 bits per heavy atom. The highest BCUT2D eigenvalue weighted by Gasteiger charge is 2.36. The van der Waals surface area contributed by atoms with Crippen LogP contribution in [-0.2, 0) is 12.8 Å². The highest BCUT2D eigenvalue weighted by Crippen LogP contribution is 2.40. The number of benzene rings is 1. The second-order valence-corrected chi connectivity index (χ2v) is 9.60. The van der Waals surface area contributed by atoms with Gasteiger partial charge in [-0.05, 0) is 55.5 Å². The van der Waals surface area contributed by atoms with Crippen LogP contribution in [0.15, 0.2) is 24.3 Å². The van der Waals surface area contributed by atoms with E-state index >= 15 is 0 Å². The molecule has 0 fully saturated rings. The molecule has 0 aliphatic heterocycles. The molecular weight excluding hydrogens is 432 g/mol. The number of rotatable bonds is 4. The normalized spacial score (nSPS) is 14.8. The number of alkyl halides is 3. The van der Waals surface area contributed by atoms with E-state index in [1.807, 2.05) is 0 Å². The average Bonchev–Trinajstić information content (AvgIpc) is 2.98. The lowest BCUT2D eigenvalue weighted by atomic mass is 9.96. The van der Waals surface area contributed by atoms with Crippen molar-refractivity contribution in [2.45, 2.75) is 35.6 Å². The highest BCUT2D eigenvalue weighted by molar-refractivity contribution is 7.16. The monoisotopic (exact) mass is 445 g/mol. The van der Waals surface area contributed by atoms with E-state index in [1.54, 1.807) is 0 Å². The molecule has 0 saturated carbocycles. The number of nitrogens with one attached hydrogen (secondary N) is 2. The van der Waals surface area contributed by atoms with Crippen molar-refractivity contribution in [1.29, 1.82) is 5.26 Å². The second-order valence-electron chi connectivity index (χ2n) is 6.13. The number of aryl methyl sites for hydroxylation is 1. The number of nitrogens with zero attached hydrogens (tertiary/aromatic N) is 1. The zero-order valence-corrected chi connectivity index (χ0v) is 17.1. The zero-order chi connectivity index (χ0) is 19.6. The lowest BCUT2D eigenvalue weighted by molar-refractivity contribution is 0.0942. The summed E-state index contributed by atoms with van der Waals surface area (Å²) in [6.45, 7) is 0. The van der Waals surface area contributed by atoms with Gasteiger partial charge in [0.1, 0.15) is 23.1 Å². The minimum absolute atomic E-state index is 0.225. The molecule has 0 radical (unpaired) electrons. The predicted molar refractivity (Wildman–Crippen MR) is 107 cm³/mol. The van der Waals surface area contributed by atoms with E-state index in [9.17, 15) is 14.4 Å². The van der Waals surface area contributed by atoms with Crippen LogP contribution >= 0.6 is 46.1 Å². The SMILES string of the molecule is N#Cc1c(N[C@@H](NC(=O)c2ccc(F)cc2)C(Cl)(Cl)Cl)sc2c1CCCC2. The van der Waals surface area contributed by atoms with Crippen molar-refractivity contribution in [2.75, 3.05) is 5.32 Å². The summed E-state index contributed by atoms with van der Waals surface area (Å²) in [4.78, 5) is 13.6. The van der Waals surface area contributed by atoms with Crippen molar-refractivity contribution in [3.05, 3.63) is 51.7 Å². The van der Waals surface area contributed by atoms with Crippen molar-refractivity contribution in [3.63, 3.8) is 0 Å². The molecule has 1 aromatic carbocycles. The van der Waals surface area contributed by atoms with E-state index in [0.29, 0.717) is 10.6 Å². The van der Waals surface area contributed by atoms with Crippen LogP contribution in [-0.4, -0.2) is 15.9 Å². The fraction of sp³-hybridized carbons (Fsp3) is 0.333. The molecule has 3 rings (SSSR count). The molecule has 0 unspecified atom stereocenters. The van der Waals surface area contributed by atoms with E-state index in [-0.39, 0.29) is 5.56 Å². The van der Waals surface area contributed by atoms with Crippen LogP contribution in [0.1, 0.15) is 39.2 Å². The molecule has 0 spiro atoms. The molecule has 1 amide bonds. The molecule has 1 aliphatic carbocycles. The van der Waals surface area contributed by atoms with Crippen molar-refractivity contribution in [2.24, 2.45) is 0 Å². The number of carbonyl (C=O) groups excluding carboxylic acids is 1. The summed E-state index contributed by atoms with van der Waals surface area (Å²) in [7, 11) is 0. The molecule has 27 heavy (non-hydrogen) atoms. The van der Waals surface area contributed by atoms with E-state index < -0.39 is 21.7 Å². The number of thiophene rings is 1. The molecule has 1 heterocycles. The molecule has 142 valence electrons. The number of amides is 1. The first-order valence-corrected chi connectivity index (χ1v) is 10.2. The highest BCUT2D eigenvalue weighted by atomic mass is 35.6. The molecule has 4 nitrogen and oxygen atoms in total.